The number of aromatic nitrogens is 3. The van der Waals surface area contributed by atoms with Crippen molar-refractivity contribution >= 4 is 53.5 Å². The second-order valence-corrected chi connectivity index (χ2v) is 9.87. The summed E-state index contributed by atoms with van der Waals surface area (Å²) < 4.78 is 0. The van der Waals surface area contributed by atoms with Crippen LogP contribution in [0.5, 0.6) is 0 Å². The molecule has 0 saturated carbocycles. The number of rotatable bonds is 9. The molecule has 0 bridgehead atoms. The van der Waals surface area contributed by atoms with Crippen molar-refractivity contribution in [3.63, 3.8) is 0 Å². The van der Waals surface area contributed by atoms with Gasteiger partial charge in [-0.1, -0.05) is 72.8 Å². The van der Waals surface area contributed by atoms with Crippen molar-refractivity contribution in [2.24, 2.45) is 0 Å². The Labute approximate surface area is 252 Å². The zero-order chi connectivity index (χ0) is 29.1. The lowest BCUT2D eigenvalue weighted by molar-refractivity contribution is 1.28. The normalized spacial score (nSPS) is 11.4. The molecule has 43 heavy (non-hydrogen) atoms. The smallest absolute Gasteiger partial charge is 0.0629 e. The summed E-state index contributed by atoms with van der Waals surface area (Å²) in [6, 6.07) is 43.5. The summed E-state index contributed by atoms with van der Waals surface area (Å²) in [5.74, 6) is 0. The molecule has 206 valence electrons. The monoisotopic (exact) mass is 554 g/mol. The van der Waals surface area contributed by atoms with Crippen molar-refractivity contribution in [1.82, 2.24) is 15.0 Å². The van der Waals surface area contributed by atoms with Crippen molar-refractivity contribution in [3.05, 3.63) is 180 Å². The number of benzene rings is 3. The maximum atomic E-state index is 4.38. The fourth-order valence-corrected chi connectivity index (χ4v) is 4.62. The van der Waals surface area contributed by atoms with E-state index in [1.807, 2.05) is 72.8 Å². The molecule has 3 heterocycles. The quantitative estimate of drug-likeness (QED) is 0.178. The van der Waals surface area contributed by atoms with E-state index in [-0.39, 0.29) is 0 Å². The first-order chi connectivity index (χ1) is 21.3. The predicted octanol–water partition coefficient (Wildman–Crippen LogP) is 9.85. The molecule has 0 aliphatic carbocycles. The van der Waals surface area contributed by atoms with Crippen LogP contribution in [-0.2, 0) is 0 Å². The molecule has 3 aromatic heterocycles. The largest absolute Gasteiger partial charge is 0.311 e. The predicted molar refractivity (Wildman–Crippen MR) is 181 cm³/mol. The van der Waals surface area contributed by atoms with Gasteiger partial charge in [-0.05, 0) is 108 Å². The zero-order valence-electron chi connectivity index (χ0n) is 23.6. The third-order valence-corrected chi connectivity index (χ3v) is 6.86. The molecule has 0 fully saturated rings. The van der Waals surface area contributed by atoms with Gasteiger partial charge in [0.25, 0.3) is 0 Å². The molecule has 0 atom stereocenters. The highest BCUT2D eigenvalue weighted by atomic mass is 15.1. The van der Waals surface area contributed by atoms with Crippen molar-refractivity contribution in [2.45, 2.75) is 0 Å². The summed E-state index contributed by atoms with van der Waals surface area (Å²) in [6.45, 7) is 0. The van der Waals surface area contributed by atoms with Gasteiger partial charge >= 0.3 is 0 Å². The van der Waals surface area contributed by atoms with E-state index in [2.05, 4.69) is 111 Å². The zero-order valence-corrected chi connectivity index (χ0v) is 23.6. The van der Waals surface area contributed by atoms with Gasteiger partial charge in [0.15, 0.2) is 0 Å². The van der Waals surface area contributed by atoms with Gasteiger partial charge in [-0.25, -0.2) is 0 Å². The molecule has 0 spiro atoms. The summed E-state index contributed by atoms with van der Waals surface area (Å²) in [5, 5.41) is 0. The van der Waals surface area contributed by atoms with Crippen LogP contribution in [0.1, 0.15) is 33.8 Å². The number of hydrogen-bond acceptors (Lipinski definition) is 4. The molecule has 3 aromatic carbocycles. The average Bonchev–Trinajstić information content (AvgIpc) is 3.09. The van der Waals surface area contributed by atoms with Gasteiger partial charge in [-0.15, -0.1) is 0 Å². The Hall–Kier alpha value is -5.87. The molecule has 0 radical (unpaired) electrons. The molecule has 0 saturated heterocycles. The van der Waals surface area contributed by atoms with E-state index in [4.69, 9.17) is 0 Å². The van der Waals surface area contributed by atoms with Crippen LogP contribution in [-0.4, -0.2) is 15.0 Å². The van der Waals surface area contributed by atoms with E-state index in [0.29, 0.717) is 0 Å². The van der Waals surface area contributed by atoms with Crippen LogP contribution in [0, 0.1) is 0 Å². The second kappa shape index (κ2) is 13.7. The molecule has 6 rings (SSSR count). The van der Waals surface area contributed by atoms with Gasteiger partial charge in [0, 0.05) is 35.7 Å². The van der Waals surface area contributed by atoms with Gasteiger partial charge in [-0.2, -0.15) is 0 Å². The fourth-order valence-electron chi connectivity index (χ4n) is 4.62. The molecule has 6 aromatic rings. The molecule has 0 aliphatic rings. The molecular weight excluding hydrogens is 524 g/mol. The summed E-state index contributed by atoms with van der Waals surface area (Å²) in [6.07, 6.45) is 17.8. The van der Waals surface area contributed by atoms with Crippen LogP contribution in [0.25, 0.3) is 36.5 Å². The minimum absolute atomic E-state index is 0.933. The van der Waals surface area contributed by atoms with Crippen molar-refractivity contribution in [3.8, 4) is 0 Å². The highest BCUT2D eigenvalue weighted by Crippen LogP contribution is 2.35. The topological polar surface area (TPSA) is 41.9 Å². The standard InChI is InChI=1S/C39H30N4/c1-4-28-40-34(7-1)19-10-31-13-22-37(23-14-31)43(38-24-15-32(16-25-38)11-20-35-8-2-5-29-41-35)39-26-17-33(18-27-39)12-21-36-9-3-6-30-42-36/h1-30H/b19-10+,20-11+,21-12+. The maximum absolute atomic E-state index is 4.38. The Kier molecular flexibility index (Phi) is 8.68. The second-order valence-electron chi connectivity index (χ2n) is 9.87. The number of hydrogen-bond donors (Lipinski definition) is 0. The molecule has 0 aliphatic heterocycles. The van der Waals surface area contributed by atoms with E-state index < -0.39 is 0 Å². The maximum Gasteiger partial charge on any atom is 0.0629 e. The summed E-state index contributed by atoms with van der Waals surface area (Å²) >= 11 is 0. The highest BCUT2D eigenvalue weighted by Gasteiger charge is 2.12. The summed E-state index contributed by atoms with van der Waals surface area (Å²) in [4.78, 5) is 15.4. The van der Waals surface area contributed by atoms with Gasteiger partial charge in [0.05, 0.1) is 17.1 Å². The third-order valence-electron chi connectivity index (χ3n) is 6.86. The van der Waals surface area contributed by atoms with Gasteiger partial charge in [0.2, 0.25) is 0 Å². The third kappa shape index (κ3) is 7.46. The van der Waals surface area contributed by atoms with Gasteiger partial charge < -0.3 is 4.90 Å². The molecule has 0 N–H and O–H groups in total. The summed E-state index contributed by atoms with van der Waals surface area (Å²) in [5.41, 5.74) is 9.35. The fraction of sp³-hybridized carbons (Fsp3) is 0. The van der Waals surface area contributed by atoms with E-state index in [1.165, 1.54) is 0 Å². The molecule has 0 amide bonds. The molecular formula is C39H30N4. The van der Waals surface area contributed by atoms with E-state index >= 15 is 0 Å². The van der Waals surface area contributed by atoms with E-state index in [9.17, 15) is 0 Å². The highest BCUT2D eigenvalue weighted by molar-refractivity contribution is 5.80. The number of nitrogens with zero attached hydrogens (tertiary/aromatic N) is 4. The Morgan fingerprint density at radius 2 is 0.628 bits per heavy atom. The van der Waals surface area contributed by atoms with Crippen molar-refractivity contribution in [1.29, 1.82) is 0 Å². The average molecular weight is 555 g/mol. The first kappa shape index (κ1) is 27.3. The number of pyridine rings is 3. The van der Waals surface area contributed by atoms with Crippen LogP contribution in [0.3, 0.4) is 0 Å². The SMILES string of the molecule is C(=C\c1ccccn1)/c1ccc(N(c2ccc(/C=C/c3ccccn3)cc2)c2ccc(/C=C/c3ccccn3)cc2)cc1. The Bertz CT molecular complexity index is 1590. The lowest BCUT2D eigenvalue weighted by Gasteiger charge is -2.26. The Morgan fingerprint density at radius 3 is 0.884 bits per heavy atom. The summed E-state index contributed by atoms with van der Waals surface area (Å²) in [7, 11) is 0. The van der Waals surface area contributed by atoms with Crippen LogP contribution < -0.4 is 4.90 Å². The van der Waals surface area contributed by atoms with Gasteiger partial charge in [0.1, 0.15) is 0 Å². The first-order valence-corrected chi connectivity index (χ1v) is 14.2. The molecule has 4 heteroatoms. The van der Waals surface area contributed by atoms with Crippen molar-refractivity contribution < 1.29 is 0 Å². The lowest BCUT2D eigenvalue weighted by Crippen LogP contribution is -2.09. The Morgan fingerprint density at radius 1 is 0.326 bits per heavy atom. The van der Waals surface area contributed by atoms with Gasteiger partial charge in [-0.3, -0.25) is 15.0 Å². The molecule has 0 unspecified atom stereocenters. The van der Waals surface area contributed by atoms with Crippen LogP contribution in [0.4, 0.5) is 17.1 Å². The van der Waals surface area contributed by atoms with E-state index in [0.717, 1.165) is 50.8 Å². The Balaban J connectivity index is 1.28. The first-order valence-electron chi connectivity index (χ1n) is 14.2. The van der Waals surface area contributed by atoms with Crippen LogP contribution in [0.15, 0.2) is 146 Å². The van der Waals surface area contributed by atoms with Crippen LogP contribution in [0.2, 0.25) is 0 Å². The minimum Gasteiger partial charge on any atom is -0.311 e. The molecule has 4 nitrogen and oxygen atoms in total. The van der Waals surface area contributed by atoms with Crippen LogP contribution >= 0.6 is 0 Å². The minimum atomic E-state index is 0.933. The lowest BCUT2D eigenvalue weighted by atomic mass is 10.1. The number of anilines is 3. The van der Waals surface area contributed by atoms with E-state index in [1.54, 1.807) is 18.6 Å². The van der Waals surface area contributed by atoms with Crippen molar-refractivity contribution in [2.75, 3.05) is 4.90 Å².